The highest BCUT2D eigenvalue weighted by Gasteiger charge is 2.43. The molecule has 0 saturated heterocycles. The summed E-state index contributed by atoms with van der Waals surface area (Å²) < 4.78 is 6.14. The molecule has 0 spiro atoms. The van der Waals surface area contributed by atoms with Crippen molar-refractivity contribution < 1.29 is 4.74 Å². The molecule has 0 bridgehead atoms. The summed E-state index contributed by atoms with van der Waals surface area (Å²) in [6, 6.07) is 29.9. The van der Waals surface area contributed by atoms with Gasteiger partial charge in [0.2, 0.25) is 0 Å². The van der Waals surface area contributed by atoms with Gasteiger partial charge >= 0.3 is 0 Å². The van der Waals surface area contributed by atoms with Crippen LogP contribution in [0.4, 0.5) is 0 Å². The third-order valence-electron chi connectivity index (χ3n) is 6.13. The first-order valence-electron chi connectivity index (χ1n) is 9.75. The van der Waals surface area contributed by atoms with E-state index in [1.54, 1.807) is 0 Å². The quantitative estimate of drug-likeness (QED) is 0.451. The van der Waals surface area contributed by atoms with Gasteiger partial charge in [-0.05, 0) is 41.5 Å². The molecule has 0 aromatic heterocycles. The number of hydrogen-bond donors (Lipinski definition) is 0. The minimum absolute atomic E-state index is 0.0123. The predicted molar refractivity (Wildman–Crippen MR) is 114 cm³/mol. The van der Waals surface area contributed by atoms with Crippen LogP contribution < -0.4 is 4.74 Å². The van der Waals surface area contributed by atoms with E-state index in [4.69, 9.17) is 4.74 Å². The number of rotatable bonds is 7. The molecule has 140 valence electrons. The molecule has 0 radical (unpaired) electrons. The van der Waals surface area contributed by atoms with Crippen molar-refractivity contribution in [2.24, 2.45) is 5.41 Å². The van der Waals surface area contributed by atoms with Crippen LogP contribution >= 0.6 is 0 Å². The Bertz CT molecular complexity index is 810. The second-order valence-corrected chi connectivity index (χ2v) is 8.10. The first-order chi connectivity index (χ1) is 12.9. The topological polar surface area (TPSA) is 9.23 Å². The summed E-state index contributed by atoms with van der Waals surface area (Å²) in [5.41, 5.74) is 3.78. The monoisotopic (exact) mass is 358 g/mol. The van der Waals surface area contributed by atoms with E-state index < -0.39 is 0 Å². The van der Waals surface area contributed by atoms with Gasteiger partial charge in [-0.25, -0.2) is 0 Å². The standard InChI is InChI=1S/C26H30O/c1-21-13-11-12-18-24(21)27-20-19-25(2,3)26(4,22-14-7-5-8-15-22)23-16-9-6-10-17-23/h5-18H,19-20H2,1-4H3. The van der Waals surface area contributed by atoms with Gasteiger partial charge in [0.25, 0.3) is 0 Å². The van der Waals surface area contributed by atoms with Crippen LogP contribution in [-0.2, 0) is 5.41 Å². The summed E-state index contributed by atoms with van der Waals surface area (Å²) in [7, 11) is 0. The highest BCUT2D eigenvalue weighted by molar-refractivity contribution is 5.41. The SMILES string of the molecule is Cc1ccccc1OCCC(C)(C)C(C)(c1ccccc1)c1ccccc1. The van der Waals surface area contributed by atoms with Gasteiger partial charge in [-0.2, -0.15) is 0 Å². The fourth-order valence-electron chi connectivity index (χ4n) is 3.88. The molecule has 27 heavy (non-hydrogen) atoms. The molecule has 1 nitrogen and oxygen atoms in total. The van der Waals surface area contributed by atoms with Gasteiger partial charge in [0, 0.05) is 5.41 Å². The van der Waals surface area contributed by atoms with Crippen molar-refractivity contribution >= 4 is 0 Å². The lowest BCUT2D eigenvalue weighted by Crippen LogP contribution is -2.41. The Balaban J connectivity index is 1.88. The smallest absolute Gasteiger partial charge is 0.122 e. The fraction of sp³-hybridized carbons (Fsp3) is 0.308. The number of para-hydroxylation sites is 1. The van der Waals surface area contributed by atoms with Gasteiger partial charge in [-0.1, -0.05) is 99.6 Å². The average Bonchev–Trinajstić information content (AvgIpc) is 2.70. The van der Waals surface area contributed by atoms with Crippen LogP contribution in [0.25, 0.3) is 0 Å². The second-order valence-electron chi connectivity index (χ2n) is 8.10. The molecule has 0 N–H and O–H groups in total. The van der Waals surface area contributed by atoms with Crippen molar-refractivity contribution in [2.75, 3.05) is 6.61 Å². The van der Waals surface area contributed by atoms with E-state index in [0.717, 1.165) is 12.2 Å². The largest absolute Gasteiger partial charge is 0.493 e. The summed E-state index contributed by atoms with van der Waals surface area (Å²) in [6.45, 7) is 9.87. The zero-order chi connectivity index (χ0) is 19.3. The lowest BCUT2D eigenvalue weighted by molar-refractivity contribution is 0.157. The van der Waals surface area contributed by atoms with Gasteiger partial charge < -0.3 is 4.74 Å². The Labute approximate surface area is 164 Å². The summed E-state index contributed by atoms with van der Waals surface area (Å²) in [6.07, 6.45) is 0.960. The average molecular weight is 359 g/mol. The maximum absolute atomic E-state index is 6.14. The molecular weight excluding hydrogens is 328 g/mol. The predicted octanol–water partition coefficient (Wildman–Crippen LogP) is 6.80. The normalized spacial score (nSPS) is 12.0. The zero-order valence-electron chi connectivity index (χ0n) is 16.9. The molecule has 0 fully saturated rings. The maximum Gasteiger partial charge on any atom is 0.122 e. The van der Waals surface area contributed by atoms with Crippen LogP contribution in [0.5, 0.6) is 5.75 Å². The van der Waals surface area contributed by atoms with E-state index in [1.807, 2.05) is 12.1 Å². The Morgan fingerprint density at radius 2 is 1.15 bits per heavy atom. The Hall–Kier alpha value is -2.54. The van der Waals surface area contributed by atoms with E-state index >= 15 is 0 Å². The third-order valence-corrected chi connectivity index (χ3v) is 6.13. The molecule has 0 unspecified atom stereocenters. The molecule has 0 heterocycles. The van der Waals surface area contributed by atoms with E-state index in [-0.39, 0.29) is 10.8 Å². The van der Waals surface area contributed by atoms with Gasteiger partial charge in [0.15, 0.2) is 0 Å². The Morgan fingerprint density at radius 3 is 1.67 bits per heavy atom. The summed E-state index contributed by atoms with van der Waals surface area (Å²) in [5.74, 6) is 0.981. The van der Waals surface area contributed by atoms with Crippen LogP contribution in [0.15, 0.2) is 84.9 Å². The van der Waals surface area contributed by atoms with Crippen molar-refractivity contribution in [3.8, 4) is 5.75 Å². The van der Waals surface area contributed by atoms with Gasteiger partial charge in [0.05, 0.1) is 6.61 Å². The van der Waals surface area contributed by atoms with Crippen molar-refractivity contribution in [1.29, 1.82) is 0 Å². The Morgan fingerprint density at radius 1 is 0.667 bits per heavy atom. The number of aryl methyl sites for hydroxylation is 1. The van der Waals surface area contributed by atoms with Crippen molar-refractivity contribution in [1.82, 2.24) is 0 Å². The lowest BCUT2D eigenvalue weighted by atomic mass is 9.58. The summed E-state index contributed by atoms with van der Waals surface area (Å²) in [5, 5.41) is 0. The van der Waals surface area contributed by atoms with Gasteiger partial charge in [-0.15, -0.1) is 0 Å². The maximum atomic E-state index is 6.14. The number of benzene rings is 3. The molecule has 0 aliphatic rings. The van der Waals surface area contributed by atoms with E-state index in [2.05, 4.69) is 100 Å². The van der Waals surface area contributed by atoms with E-state index in [9.17, 15) is 0 Å². The third kappa shape index (κ3) is 3.93. The molecule has 3 aromatic carbocycles. The molecule has 0 aliphatic carbocycles. The van der Waals surface area contributed by atoms with Crippen molar-refractivity contribution in [3.63, 3.8) is 0 Å². The fourth-order valence-corrected chi connectivity index (χ4v) is 3.88. The highest BCUT2D eigenvalue weighted by Crippen LogP contribution is 2.48. The lowest BCUT2D eigenvalue weighted by Gasteiger charge is -2.45. The van der Waals surface area contributed by atoms with E-state index in [0.29, 0.717) is 6.61 Å². The summed E-state index contributed by atoms with van der Waals surface area (Å²) >= 11 is 0. The zero-order valence-corrected chi connectivity index (χ0v) is 16.9. The Kier molecular flexibility index (Phi) is 5.70. The first-order valence-corrected chi connectivity index (χ1v) is 9.75. The minimum atomic E-state index is -0.107. The van der Waals surface area contributed by atoms with Gasteiger partial charge in [-0.3, -0.25) is 0 Å². The van der Waals surface area contributed by atoms with Crippen LogP contribution in [0.3, 0.4) is 0 Å². The molecule has 0 aliphatic heterocycles. The summed E-state index contributed by atoms with van der Waals surface area (Å²) in [4.78, 5) is 0. The minimum Gasteiger partial charge on any atom is -0.493 e. The molecule has 3 aromatic rings. The van der Waals surface area contributed by atoms with Crippen molar-refractivity contribution in [2.45, 2.75) is 39.5 Å². The van der Waals surface area contributed by atoms with Crippen molar-refractivity contribution in [3.05, 3.63) is 102 Å². The van der Waals surface area contributed by atoms with Crippen LogP contribution in [0, 0.1) is 12.3 Å². The van der Waals surface area contributed by atoms with Crippen LogP contribution in [-0.4, -0.2) is 6.61 Å². The first kappa shape index (κ1) is 19.2. The number of ether oxygens (including phenoxy) is 1. The highest BCUT2D eigenvalue weighted by atomic mass is 16.5. The van der Waals surface area contributed by atoms with E-state index in [1.165, 1.54) is 16.7 Å². The molecule has 0 saturated carbocycles. The molecule has 1 heteroatoms. The number of hydrogen-bond acceptors (Lipinski definition) is 1. The van der Waals surface area contributed by atoms with Crippen LogP contribution in [0.2, 0.25) is 0 Å². The molecular formula is C26H30O. The molecule has 3 rings (SSSR count). The van der Waals surface area contributed by atoms with Gasteiger partial charge in [0.1, 0.15) is 5.75 Å². The second kappa shape index (κ2) is 8.00. The molecule has 0 atom stereocenters. The van der Waals surface area contributed by atoms with Crippen LogP contribution in [0.1, 0.15) is 43.9 Å². The molecule has 0 amide bonds.